The van der Waals surface area contributed by atoms with E-state index in [0.717, 1.165) is 24.3 Å². The summed E-state index contributed by atoms with van der Waals surface area (Å²) in [6.07, 6.45) is 9.97. The molecule has 0 radical (unpaired) electrons. The van der Waals surface area contributed by atoms with Crippen molar-refractivity contribution in [1.82, 2.24) is 19.9 Å². The third-order valence-electron chi connectivity index (χ3n) is 3.84. The summed E-state index contributed by atoms with van der Waals surface area (Å²) < 4.78 is 1.98. The summed E-state index contributed by atoms with van der Waals surface area (Å²) in [6, 6.07) is 0.0303. The molecule has 106 valence electrons. The van der Waals surface area contributed by atoms with Crippen molar-refractivity contribution in [3.05, 3.63) is 35.3 Å². The number of amides is 1. The maximum Gasteiger partial charge on any atom is 0.228 e. The second-order valence-corrected chi connectivity index (χ2v) is 6.25. The lowest BCUT2D eigenvalue weighted by molar-refractivity contribution is -0.127. The molecule has 0 spiro atoms. The molecular formula is C14H18N4OS. The van der Waals surface area contributed by atoms with Gasteiger partial charge in [-0.25, -0.2) is 9.97 Å². The number of hydrogen-bond acceptors (Lipinski definition) is 4. The van der Waals surface area contributed by atoms with E-state index in [1.807, 2.05) is 16.1 Å². The number of hydrogen-bond donors (Lipinski definition) is 1. The number of imidazole rings is 1. The fourth-order valence-corrected chi connectivity index (χ4v) is 3.17. The van der Waals surface area contributed by atoms with Gasteiger partial charge in [-0.2, -0.15) is 0 Å². The minimum atomic E-state index is -0.245. The van der Waals surface area contributed by atoms with Gasteiger partial charge < -0.3 is 9.88 Å². The Morgan fingerprint density at radius 2 is 2.40 bits per heavy atom. The number of carbonyl (C=O) groups is 1. The highest BCUT2D eigenvalue weighted by atomic mass is 32.1. The number of thiazole rings is 1. The Morgan fingerprint density at radius 3 is 2.95 bits per heavy atom. The number of carbonyl (C=O) groups excluding carboxylic acids is 1. The van der Waals surface area contributed by atoms with Crippen molar-refractivity contribution >= 4 is 17.2 Å². The van der Waals surface area contributed by atoms with E-state index in [-0.39, 0.29) is 17.4 Å². The second-order valence-electron chi connectivity index (χ2n) is 5.32. The zero-order valence-corrected chi connectivity index (χ0v) is 12.3. The van der Waals surface area contributed by atoms with Crippen LogP contribution in [0.4, 0.5) is 0 Å². The molecule has 1 aliphatic rings. The molecule has 0 aliphatic heterocycles. The largest absolute Gasteiger partial charge is 0.346 e. The Morgan fingerprint density at radius 1 is 1.55 bits per heavy atom. The molecule has 3 rings (SSSR count). The van der Waals surface area contributed by atoms with Gasteiger partial charge in [-0.05, 0) is 19.3 Å². The predicted molar refractivity (Wildman–Crippen MR) is 77.2 cm³/mol. The fourth-order valence-electron chi connectivity index (χ4n) is 2.39. The average molecular weight is 290 g/mol. The third kappa shape index (κ3) is 2.60. The number of nitrogens with zero attached hydrogens (tertiary/aromatic N) is 3. The van der Waals surface area contributed by atoms with Crippen molar-refractivity contribution in [2.75, 3.05) is 0 Å². The van der Waals surface area contributed by atoms with E-state index in [0.29, 0.717) is 6.54 Å². The van der Waals surface area contributed by atoms with Crippen LogP contribution in [0.25, 0.3) is 0 Å². The Kier molecular flexibility index (Phi) is 3.56. The zero-order chi connectivity index (χ0) is 14.0. The van der Waals surface area contributed by atoms with Crippen molar-refractivity contribution in [2.24, 2.45) is 5.41 Å². The molecule has 1 saturated carbocycles. The summed E-state index contributed by atoms with van der Waals surface area (Å²) in [7, 11) is 0. The first-order chi connectivity index (χ1) is 9.73. The van der Waals surface area contributed by atoms with Gasteiger partial charge in [0, 0.05) is 30.5 Å². The molecule has 0 aromatic carbocycles. The highest BCUT2D eigenvalue weighted by Crippen LogP contribution is 2.47. The molecule has 1 atom stereocenters. The summed E-state index contributed by atoms with van der Waals surface area (Å²) in [4.78, 5) is 20.9. The Bertz CT molecular complexity index is 560. The van der Waals surface area contributed by atoms with E-state index in [2.05, 4.69) is 22.2 Å². The van der Waals surface area contributed by atoms with Crippen LogP contribution in [0.5, 0.6) is 0 Å². The van der Waals surface area contributed by atoms with E-state index < -0.39 is 0 Å². The van der Waals surface area contributed by atoms with Gasteiger partial charge in [0.05, 0.1) is 17.8 Å². The smallest absolute Gasteiger partial charge is 0.228 e. The lowest BCUT2D eigenvalue weighted by Gasteiger charge is -2.20. The van der Waals surface area contributed by atoms with E-state index in [4.69, 9.17) is 0 Å². The first-order valence-electron chi connectivity index (χ1n) is 6.89. The minimum Gasteiger partial charge on any atom is -0.346 e. The van der Waals surface area contributed by atoms with Crippen molar-refractivity contribution in [1.29, 1.82) is 0 Å². The molecular weight excluding hydrogens is 272 g/mol. The third-order valence-corrected chi connectivity index (χ3v) is 4.73. The van der Waals surface area contributed by atoms with Gasteiger partial charge in [0.15, 0.2) is 0 Å². The Balaban J connectivity index is 1.66. The maximum absolute atomic E-state index is 12.6. The molecule has 2 aromatic rings. The highest BCUT2D eigenvalue weighted by Gasteiger charge is 2.50. The summed E-state index contributed by atoms with van der Waals surface area (Å²) in [5.41, 5.74) is -0.245. The van der Waals surface area contributed by atoms with Gasteiger partial charge in [-0.1, -0.05) is 6.92 Å². The quantitative estimate of drug-likeness (QED) is 0.888. The Labute approximate surface area is 122 Å². The van der Waals surface area contributed by atoms with Crippen molar-refractivity contribution < 1.29 is 4.79 Å². The second kappa shape index (κ2) is 5.36. The molecule has 1 fully saturated rings. The average Bonchev–Trinajstić information content (AvgIpc) is 2.86. The fraction of sp³-hybridized carbons (Fsp3) is 0.500. The molecule has 2 aromatic heterocycles. The van der Waals surface area contributed by atoms with Crippen LogP contribution >= 0.6 is 11.3 Å². The molecule has 0 bridgehead atoms. The van der Waals surface area contributed by atoms with Crippen LogP contribution in [-0.2, 0) is 11.3 Å². The molecule has 1 aliphatic carbocycles. The van der Waals surface area contributed by atoms with Gasteiger partial charge in [0.1, 0.15) is 5.01 Å². The first-order valence-corrected chi connectivity index (χ1v) is 7.77. The van der Waals surface area contributed by atoms with Gasteiger partial charge in [-0.15, -0.1) is 11.3 Å². The molecule has 1 N–H and O–H groups in total. The number of nitrogens with one attached hydrogen (secondary N) is 1. The number of rotatable bonds is 6. The summed E-state index contributed by atoms with van der Waals surface area (Å²) >= 11 is 1.59. The van der Waals surface area contributed by atoms with Crippen LogP contribution in [0.15, 0.2) is 30.3 Å². The molecule has 1 amide bonds. The number of aromatic nitrogens is 3. The molecule has 5 nitrogen and oxygen atoms in total. The van der Waals surface area contributed by atoms with Gasteiger partial charge in [0.25, 0.3) is 0 Å². The summed E-state index contributed by atoms with van der Waals surface area (Å²) in [6.45, 7) is 2.79. The van der Waals surface area contributed by atoms with Crippen LogP contribution in [0.2, 0.25) is 0 Å². The van der Waals surface area contributed by atoms with Gasteiger partial charge >= 0.3 is 0 Å². The summed E-state index contributed by atoms with van der Waals surface area (Å²) in [5.74, 6) is 0.147. The topological polar surface area (TPSA) is 59.8 Å². The lowest BCUT2D eigenvalue weighted by atomic mass is 10.1. The minimum absolute atomic E-state index is 0.0303. The van der Waals surface area contributed by atoms with Gasteiger partial charge in [0.2, 0.25) is 5.91 Å². The van der Waals surface area contributed by atoms with Crippen LogP contribution in [0, 0.1) is 5.41 Å². The van der Waals surface area contributed by atoms with E-state index in [9.17, 15) is 4.79 Å². The van der Waals surface area contributed by atoms with Crippen LogP contribution < -0.4 is 5.32 Å². The normalized spacial score (nSPS) is 17.6. The van der Waals surface area contributed by atoms with E-state index in [1.54, 1.807) is 30.1 Å². The predicted octanol–water partition coefficient (Wildman–Crippen LogP) is 2.39. The molecule has 20 heavy (non-hydrogen) atoms. The van der Waals surface area contributed by atoms with Crippen molar-refractivity contribution in [2.45, 2.75) is 38.8 Å². The Hall–Kier alpha value is -1.69. The molecule has 0 unspecified atom stereocenters. The molecule has 6 heteroatoms. The monoisotopic (exact) mass is 290 g/mol. The first kappa shape index (κ1) is 13.3. The zero-order valence-electron chi connectivity index (χ0n) is 11.5. The van der Waals surface area contributed by atoms with E-state index >= 15 is 0 Å². The lowest BCUT2D eigenvalue weighted by Crippen LogP contribution is -2.36. The highest BCUT2D eigenvalue weighted by molar-refractivity contribution is 7.09. The molecule has 2 heterocycles. The van der Waals surface area contributed by atoms with Crippen molar-refractivity contribution in [3.8, 4) is 0 Å². The van der Waals surface area contributed by atoms with Crippen LogP contribution in [0.1, 0.15) is 37.2 Å². The maximum atomic E-state index is 12.6. The van der Waals surface area contributed by atoms with E-state index in [1.165, 1.54) is 0 Å². The summed E-state index contributed by atoms with van der Waals surface area (Å²) in [5, 5.41) is 6.09. The van der Waals surface area contributed by atoms with Gasteiger partial charge in [-0.3, -0.25) is 4.79 Å². The van der Waals surface area contributed by atoms with Crippen LogP contribution in [0.3, 0.4) is 0 Å². The molecule has 0 saturated heterocycles. The van der Waals surface area contributed by atoms with Crippen molar-refractivity contribution in [3.63, 3.8) is 0 Å². The standard InChI is InChI=1S/C14H18N4OS/c1-2-11(12-16-6-8-20-12)17-13(19)14(3-4-14)9-18-7-5-15-10-18/h5-8,10-11H,2-4,9H2,1H3,(H,17,19)/t11-/m0/s1. The van der Waals surface area contributed by atoms with Crippen LogP contribution in [-0.4, -0.2) is 20.4 Å². The SMILES string of the molecule is CC[C@H](NC(=O)C1(Cn2ccnc2)CC1)c1nccs1.